The normalized spacial score (nSPS) is 20.0. The van der Waals surface area contributed by atoms with Gasteiger partial charge in [0, 0.05) is 13.1 Å². The fourth-order valence-electron chi connectivity index (χ4n) is 1.90. The van der Waals surface area contributed by atoms with E-state index in [-0.39, 0.29) is 23.1 Å². The predicted octanol–water partition coefficient (Wildman–Crippen LogP) is 2.40. The molecule has 2 atom stereocenters. The maximum Gasteiger partial charge on any atom is 0.235 e. The SMILES string of the molecule is CC.O=C(NCc1ccc(Cl)c(Cl)c1Cl)C1C(=O)NCC1O. The molecule has 0 aliphatic carbocycles. The van der Waals surface area contributed by atoms with Crippen LogP contribution in [0.2, 0.25) is 15.1 Å². The average molecular weight is 368 g/mol. The second-order valence-corrected chi connectivity index (χ2v) is 5.51. The van der Waals surface area contributed by atoms with E-state index in [0.717, 1.165) is 0 Å². The first-order valence-electron chi connectivity index (χ1n) is 6.77. The van der Waals surface area contributed by atoms with E-state index in [0.29, 0.717) is 10.6 Å². The third-order valence-corrected chi connectivity index (χ3v) is 4.34. The summed E-state index contributed by atoms with van der Waals surface area (Å²) in [4.78, 5) is 23.3. The number of rotatable bonds is 3. The highest BCUT2D eigenvalue weighted by atomic mass is 35.5. The van der Waals surface area contributed by atoms with Crippen LogP contribution in [0, 0.1) is 5.92 Å². The summed E-state index contributed by atoms with van der Waals surface area (Å²) in [7, 11) is 0. The van der Waals surface area contributed by atoms with Gasteiger partial charge < -0.3 is 15.7 Å². The third kappa shape index (κ3) is 4.26. The van der Waals surface area contributed by atoms with Crippen LogP contribution in [0.4, 0.5) is 0 Å². The average Bonchev–Trinajstić information content (AvgIpc) is 2.85. The van der Waals surface area contributed by atoms with Crippen molar-refractivity contribution in [2.24, 2.45) is 5.92 Å². The molecule has 1 saturated heterocycles. The van der Waals surface area contributed by atoms with Gasteiger partial charge in [-0.3, -0.25) is 9.59 Å². The van der Waals surface area contributed by atoms with Gasteiger partial charge in [0.15, 0.2) is 0 Å². The number of aliphatic hydroxyl groups excluding tert-OH is 1. The van der Waals surface area contributed by atoms with Crippen LogP contribution in [0.25, 0.3) is 0 Å². The summed E-state index contributed by atoms with van der Waals surface area (Å²) < 4.78 is 0. The molecular weight excluding hydrogens is 351 g/mol. The van der Waals surface area contributed by atoms with Crippen molar-refractivity contribution < 1.29 is 14.7 Å². The van der Waals surface area contributed by atoms with Crippen molar-refractivity contribution in [3.05, 3.63) is 32.8 Å². The Morgan fingerprint density at radius 3 is 2.50 bits per heavy atom. The first-order valence-corrected chi connectivity index (χ1v) is 7.91. The van der Waals surface area contributed by atoms with Crippen LogP contribution < -0.4 is 10.6 Å². The fraction of sp³-hybridized carbons (Fsp3) is 0.429. The number of benzene rings is 1. The van der Waals surface area contributed by atoms with E-state index in [1.54, 1.807) is 12.1 Å². The van der Waals surface area contributed by atoms with Gasteiger partial charge in [0.1, 0.15) is 5.92 Å². The highest BCUT2D eigenvalue weighted by Crippen LogP contribution is 2.32. The Morgan fingerprint density at radius 1 is 1.32 bits per heavy atom. The number of carbonyl (C=O) groups is 2. The number of β-amino-alcohol motifs (C(OH)–C–C–N with tert-alkyl or cyclic N) is 1. The van der Waals surface area contributed by atoms with E-state index in [1.165, 1.54) is 0 Å². The van der Waals surface area contributed by atoms with Gasteiger partial charge in [-0.1, -0.05) is 54.7 Å². The zero-order chi connectivity index (χ0) is 16.9. The van der Waals surface area contributed by atoms with Crippen LogP contribution in [0.1, 0.15) is 19.4 Å². The number of hydrogen-bond donors (Lipinski definition) is 3. The number of carbonyl (C=O) groups excluding carboxylic acids is 2. The number of aliphatic hydroxyl groups is 1. The minimum Gasteiger partial charge on any atom is -0.390 e. The molecule has 5 nitrogen and oxygen atoms in total. The second kappa shape index (κ2) is 8.58. The molecule has 1 aromatic carbocycles. The molecule has 0 spiro atoms. The lowest BCUT2D eigenvalue weighted by atomic mass is 10.0. The summed E-state index contributed by atoms with van der Waals surface area (Å²) in [6, 6.07) is 3.19. The van der Waals surface area contributed by atoms with E-state index >= 15 is 0 Å². The molecule has 8 heteroatoms. The van der Waals surface area contributed by atoms with Crippen molar-refractivity contribution in [3.63, 3.8) is 0 Å². The van der Waals surface area contributed by atoms with Crippen molar-refractivity contribution in [2.75, 3.05) is 6.54 Å². The summed E-state index contributed by atoms with van der Waals surface area (Å²) >= 11 is 17.7. The smallest absolute Gasteiger partial charge is 0.235 e. The van der Waals surface area contributed by atoms with Crippen LogP contribution >= 0.6 is 34.8 Å². The maximum atomic E-state index is 11.9. The Labute approximate surface area is 143 Å². The van der Waals surface area contributed by atoms with Crippen LogP contribution in [-0.2, 0) is 16.1 Å². The first-order chi connectivity index (χ1) is 10.4. The van der Waals surface area contributed by atoms with E-state index < -0.39 is 23.8 Å². The molecule has 2 rings (SSSR count). The molecule has 0 aromatic heterocycles. The Morgan fingerprint density at radius 2 is 1.95 bits per heavy atom. The van der Waals surface area contributed by atoms with Gasteiger partial charge in [0.2, 0.25) is 11.8 Å². The summed E-state index contributed by atoms with van der Waals surface area (Å²) in [6.07, 6.45) is -1.02. The zero-order valence-corrected chi connectivity index (χ0v) is 14.4. The summed E-state index contributed by atoms with van der Waals surface area (Å²) in [5, 5.41) is 15.3. The van der Waals surface area contributed by atoms with Gasteiger partial charge in [-0.05, 0) is 11.6 Å². The number of amides is 2. The minimum absolute atomic E-state index is 0.0739. The summed E-state index contributed by atoms with van der Waals surface area (Å²) in [6.45, 7) is 4.16. The molecule has 3 N–H and O–H groups in total. The molecule has 122 valence electrons. The first kappa shape index (κ1) is 19.0. The Kier molecular flexibility index (Phi) is 7.42. The van der Waals surface area contributed by atoms with E-state index in [2.05, 4.69) is 10.6 Å². The van der Waals surface area contributed by atoms with Gasteiger partial charge in [0.05, 0.1) is 21.2 Å². The van der Waals surface area contributed by atoms with Crippen molar-refractivity contribution in [3.8, 4) is 0 Å². The minimum atomic E-state index is -1.10. The van der Waals surface area contributed by atoms with Crippen LogP contribution in [0.3, 0.4) is 0 Å². The van der Waals surface area contributed by atoms with E-state index in [1.807, 2.05) is 13.8 Å². The predicted molar refractivity (Wildman–Crippen MR) is 87.2 cm³/mol. The molecule has 2 unspecified atom stereocenters. The molecule has 22 heavy (non-hydrogen) atoms. The molecule has 1 heterocycles. The molecule has 1 fully saturated rings. The number of halogens is 3. The standard InChI is InChI=1S/C12H11Cl3N2O3.C2H6/c13-6-2-1-5(9(14)10(6)15)3-16-11(19)8-7(18)4-17-12(8)20;1-2/h1-2,7-8,18H,3-4H2,(H,16,19)(H,17,20);1-2H3. The number of nitrogens with one attached hydrogen (secondary N) is 2. The van der Waals surface area contributed by atoms with Crippen molar-refractivity contribution >= 4 is 46.6 Å². The van der Waals surface area contributed by atoms with Crippen LogP contribution in [0.15, 0.2) is 12.1 Å². The quantitative estimate of drug-likeness (QED) is 0.567. The largest absolute Gasteiger partial charge is 0.390 e. The van der Waals surface area contributed by atoms with Gasteiger partial charge in [-0.15, -0.1) is 0 Å². The van der Waals surface area contributed by atoms with Gasteiger partial charge in [-0.25, -0.2) is 0 Å². The van der Waals surface area contributed by atoms with Crippen LogP contribution in [-0.4, -0.2) is 29.6 Å². The van der Waals surface area contributed by atoms with Gasteiger partial charge in [-0.2, -0.15) is 0 Å². The van der Waals surface area contributed by atoms with Crippen LogP contribution in [0.5, 0.6) is 0 Å². The summed E-state index contributed by atoms with van der Waals surface area (Å²) in [5.74, 6) is -2.15. The van der Waals surface area contributed by atoms with Crippen molar-refractivity contribution in [1.82, 2.24) is 10.6 Å². The number of hydrogen-bond acceptors (Lipinski definition) is 3. The lowest BCUT2D eigenvalue weighted by molar-refractivity contribution is -0.135. The maximum absolute atomic E-state index is 11.9. The van der Waals surface area contributed by atoms with E-state index in [4.69, 9.17) is 34.8 Å². The topological polar surface area (TPSA) is 78.4 Å². The molecule has 1 aliphatic rings. The van der Waals surface area contributed by atoms with Crippen molar-refractivity contribution in [2.45, 2.75) is 26.5 Å². The molecule has 1 aromatic rings. The van der Waals surface area contributed by atoms with Gasteiger partial charge in [0.25, 0.3) is 0 Å². The Hall–Kier alpha value is -1.01. The molecule has 0 radical (unpaired) electrons. The Bertz CT molecular complexity index is 567. The molecule has 0 saturated carbocycles. The van der Waals surface area contributed by atoms with E-state index in [9.17, 15) is 14.7 Å². The highest BCUT2D eigenvalue weighted by molar-refractivity contribution is 6.48. The zero-order valence-electron chi connectivity index (χ0n) is 12.1. The third-order valence-electron chi connectivity index (χ3n) is 3.00. The molecule has 0 bridgehead atoms. The second-order valence-electron chi connectivity index (χ2n) is 4.34. The Balaban J connectivity index is 0.00000116. The molecule has 2 amide bonds. The van der Waals surface area contributed by atoms with Crippen molar-refractivity contribution in [1.29, 1.82) is 0 Å². The summed E-state index contributed by atoms with van der Waals surface area (Å²) in [5.41, 5.74) is 0.572. The lowest BCUT2D eigenvalue weighted by Crippen LogP contribution is -2.39. The lowest BCUT2D eigenvalue weighted by Gasteiger charge is -2.13. The highest BCUT2D eigenvalue weighted by Gasteiger charge is 2.38. The fourth-order valence-corrected chi connectivity index (χ4v) is 2.52. The molecule has 1 aliphatic heterocycles. The van der Waals surface area contributed by atoms with Gasteiger partial charge >= 0.3 is 0 Å². The molecular formula is C14H17Cl3N2O3. The monoisotopic (exact) mass is 366 g/mol.